The van der Waals surface area contributed by atoms with Crippen LogP contribution in [0.1, 0.15) is 28.0 Å². The van der Waals surface area contributed by atoms with E-state index in [1.165, 1.54) is 16.9 Å². The number of benzene rings is 1. The first-order valence-corrected chi connectivity index (χ1v) is 6.83. The normalized spacial score (nSPS) is 10.3. The summed E-state index contributed by atoms with van der Waals surface area (Å²) < 4.78 is 4.91. The SMILES string of the molecule is CCOC(=O)c1csc(CCc2ccccc2)n1. The third-order valence-corrected chi connectivity index (χ3v) is 3.42. The lowest BCUT2D eigenvalue weighted by molar-refractivity contribution is 0.0520. The highest BCUT2D eigenvalue weighted by molar-refractivity contribution is 7.09. The zero-order valence-electron chi connectivity index (χ0n) is 10.3. The van der Waals surface area contributed by atoms with E-state index >= 15 is 0 Å². The van der Waals surface area contributed by atoms with Crippen molar-refractivity contribution in [3.8, 4) is 0 Å². The Balaban J connectivity index is 1.93. The topological polar surface area (TPSA) is 39.2 Å². The van der Waals surface area contributed by atoms with Crippen LogP contribution < -0.4 is 0 Å². The van der Waals surface area contributed by atoms with Crippen molar-refractivity contribution in [1.29, 1.82) is 0 Å². The molecule has 2 aromatic rings. The van der Waals surface area contributed by atoms with Gasteiger partial charge in [0.05, 0.1) is 11.6 Å². The van der Waals surface area contributed by atoms with E-state index in [1.807, 2.05) is 18.2 Å². The van der Waals surface area contributed by atoms with Crippen LogP contribution in [-0.4, -0.2) is 17.6 Å². The zero-order valence-corrected chi connectivity index (χ0v) is 11.1. The Morgan fingerprint density at radius 2 is 2.06 bits per heavy atom. The lowest BCUT2D eigenvalue weighted by atomic mass is 10.1. The van der Waals surface area contributed by atoms with Crippen LogP contribution in [0.2, 0.25) is 0 Å². The number of rotatable bonds is 5. The molecule has 0 atom stereocenters. The van der Waals surface area contributed by atoms with Crippen LogP contribution in [0, 0.1) is 0 Å². The largest absolute Gasteiger partial charge is 0.461 e. The molecule has 0 amide bonds. The lowest BCUT2D eigenvalue weighted by Crippen LogP contribution is -2.05. The van der Waals surface area contributed by atoms with E-state index in [-0.39, 0.29) is 5.97 Å². The molecule has 0 saturated carbocycles. The molecule has 3 nitrogen and oxygen atoms in total. The molecule has 94 valence electrons. The van der Waals surface area contributed by atoms with Gasteiger partial charge in [-0.3, -0.25) is 0 Å². The second kappa shape index (κ2) is 6.31. The van der Waals surface area contributed by atoms with Crippen molar-refractivity contribution in [2.75, 3.05) is 6.61 Å². The third kappa shape index (κ3) is 3.40. The zero-order chi connectivity index (χ0) is 12.8. The number of hydrogen-bond acceptors (Lipinski definition) is 4. The van der Waals surface area contributed by atoms with Crippen molar-refractivity contribution >= 4 is 17.3 Å². The maximum atomic E-state index is 11.5. The maximum absolute atomic E-state index is 11.5. The molecule has 0 saturated heterocycles. The van der Waals surface area contributed by atoms with Gasteiger partial charge in [-0.2, -0.15) is 0 Å². The van der Waals surface area contributed by atoms with Gasteiger partial charge in [0, 0.05) is 11.8 Å². The van der Waals surface area contributed by atoms with E-state index in [4.69, 9.17) is 4.74 Å². The second-order valence-electron chi connectivity index (χ2n) is 3.83. The van der Waals surface area contributed by atoms with Crippen LogP contribution in [0.15, 0.2) is 35.7 Å². The highest BCUT2D eigenvalue weighted by Gasteiger charge is 2.11. The maximum Gasteiger partial charge on any atom is 0.357 e. The molecule has 0 N–H and O–H groups in total. The van der Waals surface area contributed by atoms with Gasteiger partial charge in [0.25, 0.3) is 0 Å². The van der Waals surface area contributed by atoms with Crippen LogP contribution in [0.3, 0.4) is 0 Å². The number of aryl methyl sites for hydroxylation is 2. The summed E-state index contributed by atoms with van der Waals surface area (Å²) in [6, 6.07) is 10.3. The highest BCUT2D eigenvalue weighted by atomic mass is 32.1. The molecular formula is C14H15NO2S. The first-order valence-electron chi connectivity index (χ1n) is 5.95. The summed E-state index contributed by atoms with van der Waals surface area (Å²) in [6.45, 7) is 2.18. The summed E-state index contributed by atoms with van der Waals surface area (Å²) >= 11 is 1.51. The van der Waals surface area contributed by atoms with E-state index in [2.05, 4.69) is 17.1 Å². The minimum absolute atomic E-state index is 0.334. The van der Waals surface area contributed by atoms with Gasteiger partial charge < -0.3 is 4.74 Å². The van der Waals surface area contributed by atoms with Crippen molar-refractivity contribution < 1.29 is 9.53 Å². The van der Waals surface area contributed by atoms with Gasteiger partial charge in [0.1, 0.15) is 0 Å². The van der Waals surface area contributed by atoms with Gasteiger partial charge >= 0.3 is 5.97 Å². The molecule has 0 unspecified atom stereocenters. The first kappa shape index (κ1) is 12.8. The number of hydrogen-bond donors (Lipinski definition) is 0. The molecular weight excluding hydrogens is 246 g/mol. The summed E-state index contributed by atoms with van der Waals surface area (Å²) in [4.78, 5) is 15.7. The molecule has 1 aromatic heterocycles. The van der Waals surface area contributed by atoms with Crippen molar-refractivity contribution in [3.63, 3.8) is 0 Å². The molecule has 18 heavy (non-hydrogen) atoms. The van der Waals surface area contributed by atoms with Crippen LogP contribution in [0.25, 0.3) is 0 Å². The Hall–Kier alpha value is -1.68. The number of nitrogens with zero attached hydrogens (tertiary/aromatic N) is 1. The molecule has 0 aliphatic carbocycles. The third-order valence-electron chi connectivity index (χ3n) is 2.51. The monoisotopic (exact) mass is 261 g/mol. The molecule has 0 spiro atoms. The lowest BCUT2D eigenvalue weighted by Gasteiger charge is -1.98. The standard InChI is InChI=1S/C14H15NO2S/c1-2-17-14(16)12-10-18-13(15-12)9-8-11-6-4-3-5-7-11/h3-7,10H,2,8-9H2,1H3. The van der Waals surface area contributed by atoms with E-state index in [1.54, 1.807) is 12.3 Å². The minimum atomic E-state index is -0.334. The minimum Gasteiger partial charge on any atom is -0.461 e. The molecule has 0 radical (unpaired) electrons. The van der Waals surface area contributed by atoms with Crippen LogP contribution in [-0.2, 0) is 17.6 Å². The summed E-state index contributed by atoms with van der Waals surface area (Å²) in [5.74, 6) is -0.334. The molecule has 1 aromatic carbocycles. The molecule has 1 heterocycles. The van der Waals surface area contributed by atoms with E-state index in [0.29, 0.717) is 12.3 Å². The van der Waals surface area contributed by atoms with Crippen molar-refractivity contribution in [2.45, 2.75) is 19.8 Å². The van der Waals surface area contributed by atoms with Crippen LogP contribution in [0.4, 0.5) is 0 Å². The Morgan fingerprint density at radius 3 is 2.78 bits per heavy atom. The molecule has 0 aliphatic heterocycles. The average molecular weight is 261 g/mol. The molecule has 0 bridgehead atoms. The van der Waals surface area contributed by atoms with Gasteiger partial charge in [-0.1, -0.05) is 30.3 Å². The van der Waals surface area contributed by atoms with Crippen LogP contribution >= 0.6 is 11.3 Å². The number of aromatic nitrogens is 1. The Labute approximate surface area is 110 Å². The summed E-state index contributed by atoms with van der Waals surface area (Å²) in [7, 11) is 0. The molecule has 0 fully saturated rings. The van der Waals surface area contributed by atoms with Gasteiger partial charge in [-0.15, -0.1) is 11.3 Å². The van der Waals surface area contributed by atoms with E-state index in [9.17, 15) is 4.79 Å². The summed E-state index contributed by atoms with van der Waals surface area (Å²) in [5, 5.41) is 2.74. The summed E-state index contributed by atoms with van der Waals surface area (Å²) in [5.41, 5.74) is 1.70. The van der Waals surface area contributed by atoms with Gasteiger partial charge in [-0.05, 0) is 18.9 Å². The number of carbonyl (C=O) groups is 1. The quantitative estimate of drug-likeness (QED) is 0.776. The Bertz CT molecular complexity index is 508. The predicted octanol–water partition coefficient (Wildman–Crippen LogP) is 3.11. The first-order chi connectivity index (χ1) is 8.79. The predicted molar refractivity (Wildman–Crippen MR) is 71.9 cm³/mol. The van der Waals surface area contributed by atoms with Crippen molar-refractivity contribution in [2.24, 2.45) is 0 Å². The van der Waals surface area contributed by atoms with Gasteiger partial charge in [0.2, 0.25) is 0 Å². The Kier molecular flexibility index (Phi) is 4.47. The van der Waals surface area contributed by atoms with E-state index < -0.39 is 0 Å². The molecule has 4 heteroatoms. The molecule has 2 rings (SSSR count). The Morgan fingerprint density at radius 1 is 1.28 bits per heavy atom. The average Bonchev–Trinajstić information content (AvgIpc) is 2.87. The molecule has 0 aliphatic rings. The summed E-state index contributed by atoms with van der Waals surface area (Å²) in [6.07, 6.45) is 1.80. The fourth-order valence-corrected chi connectivity index (χ4v) is 2.39. The van der Waals surface area contributed by atoms with Crippen molar-refractivity contribution in [1.82, 2.24) is 4.98 Å². The number of thiazole rings is 1. The highest BCUT2D eigenvalue weighted by Crippen LogP contribution is 2.13. The smallest absolute Gasteiger partial charge is 0.357 e. The van der Waals surface area contributed by atoms with Crippen molar-refractivity contribution in [3.05, 3.63) is 52.0 Å². The number of esters is 1. The fourth-order valence-electron chi connectivity index (χ4n) is 1.62. The van der Waals surface area contributed by atoms with Gasteiger partial charge in [0.15, 0.2) is 5.69 Å². The van der Waals surface area contributed by atoms with Crippen LogP contribution in [0.5, 0.6) is 0 Å². The number of carbonyl (C=O) groups excluding carboxylic acids is 1. The number of ether oxygens (including phenoxy) is 1. The van der Waals surface area contributed by atoms with E-state index in [0.717, 1.165) is 17.8 Å². The van der Waals surface area contributed by atoms with Gasteiger partial charge in [-0.25, -0.2) is 9.78 Å². The fraction of sp³-hybridized carbons (Fsp3) is 0.286. The second-order valence-corrected chi connectivity index (χ2v) is 4.78.